The van der Waals surface area contributed by atoms with Crippen molar-refractivity contribution >= 4 is 15.7 Å². The molecule has 0 aliphatic carbocycles. The van der Waals surface area contributed by atoms with Crippen LogP contribution in [0.15, 0.2) is 29.2 Å². The quantitative estimate of drug-likeness (QED) is 0.773. The molecule has 5 heteroatoms. The molecule has 0 unspecified atom stereocenters. The molecular weight excluding hydrogens is 272 g/mol. The van der Waals surface area contributed by atoms with Crippen molar-refractivity contribution in [3.63, 3.8) is 0 Å². The lowest BCUT2D eigenvalue weighted by molar-refractivity contribution is 0.342. The average molecular weight is 298 g/mol. The highest BCUT2D eigenvalue weighted by Gasteiger charge is 2.31. The molecule has 0 aromatic heterocycles. The van der Waals surface area contributed by atoms with Crippen molar-refractivity contribution in [2.45, 2.75) is 57.4 Å². The molecule has 0 aliphatic rings. The predicted molar refractivity (Wildman–Crippen MR) is 84.5 cm³/mol. The second kappa shape index (κ2) is 7.09. The molecule has 1 rings (SSSR count). The molecule has 0 fully saturated rings. The second-order valence-electron chi connectivity index (χ2n) is 4.97. The normalized spacial score (nSPS) is 12.4. The first kappa shape index (κ1) is 17.0. The van der Waals surface area contributed by atoms with Crippen LogP contribution in [0.2, 0.25) is 0 Å². The third kappa shape index (κ3) is 3.73. The molecule has 20 heavy (non-hydrogen) atoms. The monoisotopic (exact) mass is 298 g/mol. The summed E-state index contributed by atoms with van der Waals surface area (Å²) < 4.78 is 28.2. The summed E-state index contributed by atoms with van der Waals surface area (Å²) in [4.78, 5) is 0.321. The van der Waals surface area contributed by atoms with Crippen LogP contribution in [0.25, 0.3) is 0 Å². The van der Waals surface area contributed by atoms with Gasteiger partial charge < -0.3 is 5.32 Å². The van der Waals surface area contributed by atoms with Gasteiger partial charge in [0, 0.05) is 12.1 Å². The lowest BCUT2D eigenvalue weighted by atomic mass is 9.91. The van der Waals surface area contributed by atoms with Crippen molar-refractivity contribution in [3.8, 4) is 0 Å². The van der Waals surface area contributed by atoms with E-state index in [4.69, 9.17) is 0 Å². The standard InChI is InChI=1S/C15H26N2O2S/c1-5-15(6-2,7-3)17-20(18,19)14-12-10-9-11-13(14)16-8-4/h9-12,16-17H,5-8H2,1-4H3. The number of anilines is 1. The van der Waals surface area contributed by atoms with E-state index in [1.807, 2.05) is 33.8 Å². The fourth-order valence-electron chi connectivity index (χ4n) is 2.34. The molecule has 0 atom stereocenters. The van der Waals surface area contributed by atoms with Crippen LogP contribution in [0.3, 0.4) is 0 Å². The molecule has 0 aliphatic heterocycles. The lowest BCUT2D eigenvalue weighted by Gasteiger charge is -2.31. The van der Waals surface area contributed by atoms with Gasteiger partial charge >= 0.3 is 0 Å². The highest BCUT2D eigenvalue weighted by molar-refractivity contribution is 7.89. The van der Waals surface area contributed by atoms with Crippen LogP contribution in [0.1, 0.15) is 47.0 Å². The van der Waals surface area contributed by atoms with E-state index in [9.17, 15) is 8.42 Å². The Morgan fingerprint density at radius 1 is 1.00 bits per heavy atom. The zero-order valence-corrected chi connectivity index (χ0v) is 13.7. The largest absolute Gasteiger partial charge is 0.384 e. The van der Waals surface area contributed by atoms with Gasteiger partial charge in [0.2, 0.25) is 10.0 Å². The molecule has 4 nitrogen and oxygen atoms in total. The highest BCUT2D eigenvalue weighted by atomic mass is 32.2. The summed E-state index contributed by atoms with van der Waals surface area (Å²) in [5, 5.41) is 3.10. The highest BCUT2D eigenvalue weighted by Crippen LogP contribution is 2.26. The van der Waals surface area contributed by atoms with Gasteiger partial charge in [0.25, 0.3) is 0 Å². The van der Waals surface area contributed by atoms with Crippen LogP contribution >= 0.6 is 0 Å². The number of para-hydroxylation sites is 1. The summed E-state index contributed by atoms with van der Waals surface area (Å²) in [6.07, 6.45) is 2.34. The molecule has 0 amide bonds. The summed E-state index contributed by atoms with van der Waals surface area (Å²) in [6.45, 7) is 8.70. The van der Waals surface area contributed by atoms with Gasteiger partial charge in [0.05, 0.1) is 5.69 Å². The minimum atomic E-state index is -3.52. The zero-order valence-electron chi connectivity index (χ0n) is 12.9. The second-order valence-corrected chi connectivity index (χ2v) is 6.62. The third-order valence-corrected chi connectivity index (χ3v) is 5.56. The summed E-state index contributed by atoms with van der Waals surface area (Å²) in [7, 11) is -3.52. The fourth-order valence-corrected chi connectivity index (χ4v) is 4.14. The fraction of sp³-hybridized carbons (Fsp3) is 0.600. The van der Waals surface area contributed by atoms with Crippen molar-refractivity contribution in [2.75, 3.05) is 11.9 Å². The van der Waals surface area contributed by atoms with Crippen molar-refractivity contribution in [3.05, 3.63) is 24.3 Å². The third-order valence-electron chi connectivity index (χ3n) is 3.93. The Kier molecular flexibility index (Phi) is 6.02. The number of benzene rings is 1. The van der Waals surface area contributed by atoms with Crippen LogP contribution in [0.5, 0.6) is 0 Å². The molecule has 0 spiro atoms. The van der Waals surface area contributed by atoms with Crippen molar-refractivity contribution < 1.29 is 8.42 Å². The maximum Gasteiger partial charge on any atom is 0.243 e. The summed E-state index contributed by atoms with van der Waals surface area (Å²) in [5.41, 5.74) is 0.290. The van der Waals surface area contributed by atoms with Crippen molar-refractivity contribution in [1.29, 1.82) is 0 Å². The SMILES string of the molecule is CCNc1ccccc1S(=O)(=O)NC(CC)(CC)CC. The maximum absolute atomic E-state index is 12.7. The zero-order chi connectivity index (χ0) is 15.2. The van der Waals surface area contributed by atoms with E-state index in [1.165, 1.54) is 0 Å². The van der Waals surface area contributed by atoms with Gasteiger partial charge in [-0.05, 0) is 38.3 Å². The van der Waals surface area contributed by atoms with E-state index in [0.717, 1.165) is 19.3 Å². The Bertz CT molecular complexity index is 514. The van der Waals surface area contributed by atoms with Crippen LogP contribution in [0.4, 0.5) is 5.69 Å². The molecule has 0 radical (unpaired) electrons. The summed E-state index contributed by atoms with van der Waals surface area (Å²) in [6, 6.07) is 7.03. The average Bonchev–Trinajstić information content (AvgIpc) is 2.46. The molecule has 1 aromatic rings. The van der Waals surface area contributed by atoms with E-state index in [0.29, 0.717) is 17.1 Å². The van der Waals surface area contributed by atoms with Gasteiger partial charge in [-0.15, -0.1) is 0 Å². The topological polar surface area (TPSA) is 58.2 Å². The molecule has 114 valence electrons. The first-order valence-corrected chi connectivity index (χ1v) is 8.79. The van der Waals surface area contributed by atoms with E-state index in [2.05, 4.69) is 10.0 Å². The Morgan fingerprint density at radius 2 is 1.55 bits per heavy atom. The van der Waals surface area contributed by atoms with Gasteiger partial charge in [-0.25, -0.2) is 13.1 Å². The minimum Gasteiger partial charge on any atom is -0.384 e. The molecule has 0 saturated carbocycles. The number of rotatable bonds is 8. The number of sulfonamides is 1. The van der Waals surface area contributed by atoms with Crippen molar-refractivity contribution in [1.82, 2.24) is 4.72 Å². The van der Waals surface area contributed by atoms with Gasteiger partial charge in [-0.2, -0.15) is 0 Å². The van der Waals surface area contributed by atoms with Crippen LogP contribution < -0.4 is 10.0 Å². The maximum atomic E-state index is 12.7. The number of hydrogen-bond donors (Lipinski definition) is 2. The molecular formula is C15H26N2O2S. The Morgan fingerprint density at radius 3 is 2.05 bits per heavy atom. The molecule has 0 bridgehead atoms. The molecule has 0 saturated heterocycles. The van der Waals surface area contributed by atoms with Crippen molar-refractivity contribution in [2.24, 2.45) is 0 Å². The first-order valence-electron chi connectivity index (χ1n) is 7.31. The van der Waals surface area contributed by atoms with E-state index in [-0.39, 0.29) is 5.54 Å². The van der Waals surface area contributed by atoms with E-state index < -0.39 is 10.0 Å². The van der Waals surface area contributed by atoms with E-state index in [1.54, 1.807) is 18.2 Å². The van der Waals surface area contributed by atoms with Crippen LogP contribution in [-0.4, -0.2) is 20.5 Å². The summed E-state index contributed by atoms with van der Waals surface area (Å²) >= 11 is 0. The molecule has 2 N–H and O–H groups in total. The van der Waals surface area contributed by atoms with Crippen LogP contribution in [0, 0.1) is 0 Å². The molecule has 1 aromatic carbocycles. The number of hydrogen-bond acceptors (Lipinski definition) is 3. The predicted octanol–water partition coefficient (Wildman–Crippen LogP) is 3.37. The first-order chi connectivity index (χ1) is 9.44. The Balaban J connectivity index is 3.17. The summed E-state index contributed by atoms with van der Waals surface area (Å²) in [5.74, 6) is 0. The molecule has 0 heterocycles. The Hall–Kier alpha value is -1.07. The van der Waals surface area contributed by atoms with Gasteiger partial charge in [0.1, 0.15) is 4.90 Å². The smallest absolute Gasteiger partial charge is 0.243 e. The minimum absolute atomic E-state index is 0.321. The van der Waals surface area contributed by atoms with Crippen LogP contribution in [-0.2, 0) is 10.0 Å². The lowest BCUT2D eigenvalue weighted by Crippen LogP contribution is -2.47. The van der Waals surface area contributed by atoms with Gasteiger partial charge in [0.15, 0.2) is 0 Å². The Labute approximate surface area is 123 Å². The van der Waals surface area contributed by atoms with Gasteiger partial charge in [-0.1, -0.05) is 32.9 Å². The van der Waals surface area contributed by atoms with E-state index >= 15 is 0 Å². The van der Waals surface area contributed by atoms with Gasteiger partial charge in [-0.3, -0.25) is 0 Å². The number of nitrogens with one attached hydrogen (secondary N) is 2.